The highest BCUT2D eigenvalue weighted by Crippen LogP contribution is 2.40. The number of hydrogen-bond acceptors (Lipinski definition) is 5. The van der Waals surface area contributed by atoms with Crippen LogP contribution in [-0.4, -0.2) is 34.1 Å². The average Bonchev–Trinajstić information content (AvgIpc) is 3.36. The van der Waals surface area contributed by atoms with Gasteiger partial charge in [-0.2, -0.15) is 0 Å². The maximum Gasteiger partial charge on any atom is 0.325 e. The van der Waals surface area contributed by atoms with Gasteiger partial charge < -0.3 is 19.4 Å². The molecule has 1 saturated heterocycles. The van der Waals surface area contributed by atoms with Crippen LogP contribution in [0.4, 0.5) is 0 Å². The van der Waals surface area contributed by atoms with Gasteiger partial charge in [0.25, 0.3) is 0 Å². The molecule has 9 heteroatoms. The standard InChI is InChI=1S/C22H19Cl2N3O3S/c1-2-29-19(28)12-27-21(20(26-22(27)31)16-5-3-4-10-25-16)18-9-8-17(30-18)13-6-7-14(23)15(24)11-13/h3-11,20-21H,2,12H2,1H3,(H,26,31)/t20-,21+/m1/s1. The van der Waals surface area contributed by atoms with Crippen molar-refractivity contribution in [1.29, 1.82) is 0 Å². The van der Waals surface area contributed by atoms with Crippen LogP contribution in [0.5, 0.6) is 0 Å². The van der Waals surface area contributed by atoms with E-state index in [9.17, 15) is 4.79 Å². The van der Waals surface area contributed by atoms with E-state index >= 15 is 0 Å². The maximum absolute atomic E-state index is 12.2. The number of nitrogens with zero attached hydrogens (tertiary/aromatic N) is 2. The number of furan rings is 1. The van der Waals surface area contributed by atoms with E-state index in [2.05, 4.69) is 10.3 Å². The van der Waals surface area contributed by atoms with Gasteiger partial charge in [0, 0.05) is 11.8 Å². The fourth-order valence-corrected chi connectivity index (χ4v) is 4.15. The Kier molecular flexibility index (Phi) is 6.46. The van der Waals surface area contributed by atoms with Crippen LogP contribution in [-0.2, 0) is 9.53 Å². The summed E-state index contributed by atoms with van der Waals surface area (Å²) in [6.45, 7) is 2.06. The number of benzene rings is 1. The van der Waals surface area contributed by atoms with Crippen LogP contribution in [0.25, 0.3) is 11.3 Å². The van der Waals surface area contributed by atoms with Gasteiger partial charge in [-0.25, -0.2) is 0 Å². The number of pyridine rings is 1. The van der Waals surface area contributed by atoms with E-state index in [-0.39, 0.29) is 24.6 Å². The number of hydrogen-bond donors (Lipinski definition) is 1. The molecule has 0 unspecified atom stereocenters. The Balaban J connectivity index is 1.71. The van der Waals surface area contributed by atoms with Gasteiger partial charge in [0.2, 0.25) is 0 Å². The third-order valence-corrected chi connectivity index (χ3v) is 6.02. The summed E-state index contributed by atoms with van der Waals surface area (Å²) in [7, 11) is 0. The van der Waals surface area contributed by atoms with E-state index in [1.165, 1.54) is 0 Å². The number of carbonyl (C=O) groups is 1. The smallest absolute Gasteiger partial charge is 0.325 e. The summed E-state index contributed by atoms with van der Waals surface area (Å²) >= 11 is 17.7. The van der Waals surface area contributed by atoms with Crippen LogP contribution < -0.4 is 5.32 Å². The number of nitrogens with one attached hydrogen (secondary N) is 1. The SMILES string of the molecule is CCOC(=O)CN1C(=S)N[C@H](c2ccccn2)[C@@H]1c1ccc(-c2ccc(Cl)c(Cl)c2)o1. The van der Waals surface area contributed by atoms with Crippen molar-refractivity contribution < 1.29 is 13.9 Å². The molecule has 0 amide bonds. The highest BCUT2D eigenvalue weighted by Gasteiger charge is 2.42. The predicted molar refractivity (Wildman–Crippen MR) is 123 cm³/mol. The monoisotopic (exact) mass is 475 g/mol. The molecule has 1 N–H and O–H groups in total. The molecule has 0 spiro atoms. The van der Waals surface area contributed by atoms with E-state index in [0.29, 0.717) is 33.3 Å². The maximum atomic E-state index is 12.2. The Bertz CT molecular complexity index is 1110. The molecule has 0 radical (unpaired) electrons. The van der Waals surface area contributed by atoms with Crippen LogP contribution in [0.3, 0.4) is 0 Å². The molecular weight excluding hydrogens is 457 g/mol. The molecule has 3 heterocycles. The molecule has 2 aromatic heterocycles. The van der Waals surface area contributed by atoms with Gasteiger partial charge in [0.05, 0.1) is 28.4 Å². The zero-order valence-corrected chi connectivity index (χ0v) is 18.9. The van der Waals surface area contributed by atoms with E-state index in [1.54, 1.807) is 30.2 Å². The van der Waals surface area contributed by atoms with Crippen molar-refractivity contribution in [1.82, 2.24) is 15.2 Å². The quantitative estimate of drug-likeness (QED) is 0.388. The number of carbonyl (C=O) groups excluding carboxylic acids is 1. The van der Waals surface area contributed by atoms with Crippen molar-refractivity contribution in [2.75, 3.05) is 13.2 Å². The Labute approximate surface area is 195 Å². The van der Waals surface area contributed by atoms with Crippen molar-refractivity contribution in [3.05, 3.63) is 76.2 Å². The highest BCUT2D eigenvalue weighted by molar-refractivity contribution is 7.80. The Morgan fingerprint density at radius 3 is 2.77 bits per heavy atom. The van der Waals surface area contributed by atoms with E-state index in [1.807, 2.05) is 36.4 Å². The molecule has 160 valence electrons. The molecule has 0 aliphatic carbocycles. The highest BCUT2D eigenvalue weighted by atomic mass is 35.5. The Morgan fingerprint density at radius 1 is 1.23 bits per heavy atom. The second kappa shape index (κ2) is 9.26. The minimum atomic E-state index is -0.386. The third kappa shape index (κ3) is 4.54. The van der Waals surface area contributed by atoms with Gasteiger partial charge in [-0.15, -0.1) is 0 Å². The van der Waals surface area contributed by atoms with Gasteiger partial charge in [-0.1, -0.05) is 29.3 Å². The lowest BCUT2D eigenvalue weighted by Crippen LogP contribution is -2.35. The van der Waals surface area contributed by atoms with Crippen molar-refractivity contribution in [3.8, 4) is 11.3 Å². The molecule has 1 aliphatic rings. The normalized spacial score (nSPS) is 18.2. The lowest BCUT2D eigenvalue weighted by atomic mass is 10.0. The zero-order chi connectivity index (χ0) is 22.0. The lowest BCUT2D eigenvalue weighted by Gasteiger charge is -2.25. The fraction of sp³-hybridized carbons (Fsp3) is 0.227. The second-order valence-corrected chi connectivity index (χ2v) is 8.09. The second-order valence-electron chi connectivity index (χ2n) is 6.89. The number of aromatic nitrogens is 1. The molecule has 31 heavy (non-hydrogen) atoms. The minimum Gasteiger partial charge on any atom is -0.465 e. The summed E-state index contributed by atoms with van der Waals surface area (Å²) in [5.41, 5.74) is 1.58. The number of halogens is 2. The van der Waals surface area contributed by atoms with Gasteiger partial charge >= 0.3 is 5.97 Å². The van der Waals surface area contributed by atoms with Crippen molar-refractivity contribution in [2.45, 2.75) is 19.0 Å². The summed E-state index contributed by atoms with van der Waals surface area (Å²) in [6.07, 6.45) is 1.72. The molecule has 0 saturated carbocycles. The first kappa shape index (κ1) is 21.6. The van der Waals surface area contributed by atoms with E-state index < -0.39 is 0 Å². The molecule has 3 aromatic rings. The molecule has 2 atom stereocenters. The van der Waals surface area contributed by atoms with Crippen LogP contribution >= 0.6 is 35.4 Å². The van der Waals surface area contributed by atoms with Gasteiger partial charge in [-0.3, -0.25) is 9.78 Å². The first-order valence-corrected chi connectivity index (χ1v) is 10.8. The van der Waals surface area contributed by atoms with E-state index in [0.717, 1.165) is 11.3 Å². The van der Waals surface area contributed by atoms with Crippen molar-refractivity contribution in [2.24, 2.45) is 0 Å². The summed E-state index contributed by atoms with van der Waals surface area (Å²) in [5.74, 6) is 0.894. The Morgan fingerprint density at radius 2 is 2.06 bits per heavy atom. The van der Waals surface area contributed by atoms with Crippen molar-refractivity contribution in [3.63, 3.8) is 0 Å². The lowest BCUT2D eigenvalue weighted by molar-refractivity contribution is -0.143. The van der Waals surface area contributed by atoms with Crippen LogP contribution in [0.2, 0.25) is 10.0 Å². The average molecular weight is 476 g/mol. The van der Waals surface area contributed by atoms with Gasteiger partial charge in [0.1, 0.15) is 24.1 Å². The number of ether oxygens (including phenoxy) is 1. The van der Waals surface area contributed by atoms with E-state index in [4.69, 9.17) is 44.6 Å². The van der Waals surface area contributed by atoms with Crippen LogP contribution in [0, 0.1) is 0 Å². The number of esters is 1. The summed E-state index contributed by atoms with van der Waals surface area (Å²) in [4.78, 5) is 18.5. The number of thiocarbonyl (C=S) groups is 1. The summed E-state index contributed by atoms with van der Waals surface area (Å²) < 4.78 is 11.3. The largest absolute Gasteiger partial charge is 0.465 e. The summed E-state index contributed by atoms with van der Waals surface area (Å²) in [6, 6.07) is 14.0. The van der Waals surface area contributed by atoms with Crippen molar-refractivity contribution >= 4 is 46.5 Å². The summed E-state index contributed by atoms with van der Waals surface area (Å²) in [5, 5.41) is 4.61. The molecule has 1 fully saturated rings. The van der Waals surface area contributed by atoms with Gasteiger partial charge in [0.15, 0.2) is 5.11 Å². The van der Waals surface area contributed by atoms with Crippen LogP contribution in [0.1, 0.15) is 30.5 Å². The molecule has 1 aliphatic heterocycles. The zero-order valence-electron chi connectivity index (χ0n) is 16.5. The van der Waals surface area contributed by atoms with Crippen LogP contribution in [0.15, 0.2) is 59.1 Å². The molecule has 4 rings (SSSR count). The molecular formula is C22H19Cl2N3O3S. The molecule has 6 nitrogen and oxygen atoms in total. The first-order chi connectivity index (χ1) is 15.0. The Hall–Kier alpha value is -2.61. The number of rotatable bonds is 6. The first-order valence-electron chi connectivity index (χ1n) is 9.66. The third-order valence-electron chi connectivity index (χ3n) is 4.92. The molecule has 1 aromatic carbocycles. The molecule has 0 bridgehead atoms. The topological polar surface area (TPSA) is 67.6 Å². The minimum absolute atomic E-state index is 0.00349. The fourth-order valence-electron chi connectivity index (χ4n) is 3.55. The van der Waals surface area contributed by atoms with Gasteiger partial charge in [-0.05, 0) is 61.6 Å². The predicted octanol–water partition coefficient (Wildman–Crippen LogP) is 5.18.